The predicted molar refractivity (Wildman–Crippen MR) is 98.7 cm³/mol. The number of para-hydroxylation sites is 1. The second-order valence-electron chi connectivity index (χ2n) is 6.34. The minimum absolute atomic E-state index is 0.0380. The van der Waals surface area contributed by atoms with Crippen molar-refractivity contribution in [2.45, 2.75) is 26.4 Å². The highest BCUT2D eigenvalue weighted by Gasteiger charge is 2.09. The number of carbonyl (C=O) groups excluding carboxylic acids is 2. The van der Waals surface area contributed by atoms with Gasteiger partial charge in [-0.3, -0.25) is 9.59 Å². The molecule has 0 aliphatic heterocycles. The lowest BCUT2D eigenvalue weighted by Gasteiger charge is -2.09. The second-order valence-corrected chi connectivity index (χ2v) is 6.34. The topological polar surface area (TPSA) is 88.9 Å². The molecule has 2 aromatic carbocycles. The third-order valence-electron chi connectivity index (χ3n) is 3.83. The highest BCUT2D eigenvalue weighted by atomic mass is 16.2. The number of fused-ring (bicyclic) bond motifs is 1. The van der Waals surface area contributed by atoms with Crippen molar-refractivity contribution in [3.05, 3.63) is 59.7 Å². The van der Waals surface area contributed by atoms with Gasteiger partial charge in [0, 0.05) is 11.6 Å². The molecule has 1 aromatic heterocycles. The van der Waals surface area contributed by atoms with Gasteiger partial charge in [-0.25, -0.2) is 4.68 Å². The zero-order chi connectivity index (χ0) is 18.5. The Morgan fingerprint density at radius 1 is 1.08 bits per heavy atom. The van der Waals surface area contributed by atoms with E-state index in [0.29, 0.717) is 12.1 Å². The summed E-state index contributed by atoms with van der Waals surface area (Å²) in [5, 5.41) is 13.6. The first-order valence-electron chi connectivity index (χ1n) is 8.47. The highest BCUT2D eigenvalue weighted by molar-refractivity contribution is 5.96. The van der Waals surface area contributed by atoms with Crippen LogP contribution in [0, 0.1) is 0 Å². The molecule has 0 radical (unpaired) electrons. The quantitative estimate of drug-likeness (QED) is 0.708. The van der Waals surface area contributed by atoms with Crippen LogP contribution in [0.1, 0.15) is 29.8 Å². The SMILES string of the molecule is CC(C)NC(=O)CNC(=O)c1ccc(Cn2nnc3ccccc32)cc1. The van der Waals surface area contributed by atoms with Gasteiger partial charge in [-0.1, -0.05) is 29.5 Å². The van der Waals surface area contributed by atoms with Crippen molar-refractivity contribution >= 4 is 22.8 Å². The van der Waals surface area contributed by atoms with E-state index in [4.69, 9.17) is 0 Å². The van der Waals surface area contributed by atoms with Crippen molar-refractivity contribution in [1.29, 1.82) is 0 Å². The van der Waals surface area contributed by atoms with E-state index in [-0.39, 0.29) is 24.4 Å². The van der Waals surface area contributed by atoms with E-state index in [1.165, 1.54) is 0 Å². The number of amides is 2. The van der Waals surface area contributed by atoms with Gasteiger partial charge in [-0.2, -0.15) is 0 Å². The zero-order valence-corrected chi connectivity index (χ0v) is 14.8. The highest BCUT2D eigenvalue weighted by Crippen LogP contribution is 2.12. The molecule has 0 fully saturated rings. The maximum absolute atomic E-state index is 12.1. The number of nitrogens with zero attached hydrogens (tertiary/aromatic N) is 3. The van der Waals surface area contributed by atoms with Crippen LogP contribution in [0.15, 0.2) is 48.5 Å². The second kappa shape index (κ2) is 7.77. The van der Waals surface area contributed by atoms with Crippen LogP contribution >= 0.6 is 0 Å². The van der Waals surface area contributed by atoms with E-state index in [0.717, 1.165) is 16.6 Å². The lowest BCUT2D eigenvalue weighted by atomic mass is 10.1. The Hall–Kier alpha value is -3.22. The van der Waals surface area contributed by atoms with Crippen LogP contribution in [0.4, 0.5) is 0 Å². The normalized spacial score (nSPS) is 10.9. The lowest BCUT2D eigenvalue weighted by Crippen LogP contribution is -2.39. The third kappa shape index (κ3) is 4.24. The molecule has 2 amide bonds. The van der Waals surface area contributed by atoms with Gasteiger partial charge in [-0.05, 0) is 43.7 Å². The van der Waals surface area contributed by atoms with E-state index in [2.05, 4.69) is 20.9 Å². The molecule has 0 saturated carbocycles. The Labute approximate surface area is 151 Å². The molecular weight excluding hydrogens is 330 g/mol. The van der Waals surface area contributed by atoms with Crippen molar-refractivity contribution in [2.75, 3.05) is 6.54 Å². The molecule has 1 heterocycles. The number of carbonyl (C=O) groups is 2. The van der Waals surface area contributed by atoms with Gasteiger partial charge in [0.05, 0.1) is 18.6 Å². The first-order valence-corrected chi connectivity index (χ1v) is 8.47. The fraction of sp³-hybridized carbons (Fsp3) is 0.263. The van der Waals surface area contributed by atoms with Crippen LogP contribution in [0.3, 0.4) is 0 Å². The fourth-order valence-electron chi connectivity index (χ4n) is 2.60. The molecule has 26 heavy (non-hydrogen) atoms. The van der Waals surface area contributed by atoms with E-state index in [9.17, 15) is 9.59 Å². The van der Waals surface area contributed by atoms with Crippen LogP contribution in [0.25, 0.3) is 11.0 Å². The monoisotopic (exact) mass is 351 g/mol. The first-order chi connectivity index (χ1) is 12.5. The van der Waals surface area contributed by atoms with E-state index in [1.807, 2.05) is 54.9 Å². The molecule has 3 rings (SSSR count). The largest absolute Gasteiger partial charge is 0.352 e. The minimum atomic E-state index is -0.276. The number of rotatable bonds is 6. The predicted octanol–water partition coefficient (Wildman–Crippen LogP) is 1.73. The Kier molecular flexibility index (Phi) is 5.26. The number of benzene rings is 2. The van der Waals surface area contributed by atoms with Gasteiger partial charge < -0.3 is 10.6 Å². The lowest BCUT2D eigenvalue weighted by molar-refractivity contribution is -0.120. The van der Waals surface area contributed by atoms with Crippen LogP contribution in [0.2, 0.25) is 0 Å². The number of hydrogen-bond acceptors (Lipinski definition) is 4. The molecule has 7 nitrogen and oxygen atoms in total. The molecule has 0 bridgehead atoms. The Morgan fingerprint density at radius 2 is 1.81 bits per heavy atom. The number of hydrogen-bond donors (Lipinski definition) is 2. The van der Waals surface area contributed by atoms with Gasteiger partial charge >= 0.3 is 0 Å². The molecule has 0 spiro atoms. The van der Waals surface area contributed by atoms with Crippen molar-refractivity contribution in [2.24, 2.45) is 0 Å². The van der Waals surface area contributed by atoms with Crippen LogP contribution in [-0.4, -0.2) is 39.4 Å². The summed E-state index contributed by atoms with van der Waals surface area (Å²) >= 11 is 0. The number of aromatic nitrogens is 3. The van der Waals surface area contributed by atoms with E-state index >= 15 is 0 Å². The zero-order valence-electron chi connectivity index (χ0n) is 14.8. The molecule has 134 valence electrons. The van der Waals surface area contributed by atoms with E-state index in [1.54, 1.807) is 12.1 Å². The summed E-state index contributed by atoms with van der Waals surface area (Å²) in [5.41, 5.74) is 3.33. The van der Waals surface area contributed by atoms with Crippen LogP contribution < -0.4 is 10.6 Å². The standard InChI is InChI=1S/C19H21N5O2/c1-13(2)21-18(25)11-20-19(26)15-9-7-14(8-10-15)12-24-17-6-4-3-5-16(17)22-23-24/h3-10,13H,11-12H2,1-2H3,(H,20,26)(H,21,25). The average molecular weight is 351 g/mol. The maximum atomic E-state index is 12.1. The summed E-state index contributed by atoms with van der Waals surface area (Å²) in [6, 6.07) is 15.0. The summed E-state index contributed by atoms with van der Waals surface area (Å²) in [5.74, 6) is -0.482. The molecule has 0 saturated heterocycles. The minimum Gasteiger partial charge on any atom is -0.352 e. The van der Waals surface area contributed by atoms with Crippen molar-refractivity contribution in [3.63, 3.8) is 0 Å². The molecule has 0 atom stereocenters. The Morgan fingerprint density at radius 3 is 2.54 bits per heavy atom. The summed E-state index contributed by atoms with van der Waals surface area (Å²) in [6.07, 6.45) is 0. The van der Waals surface area contributed by atoms with Gasteiger partial charge in [0.2, 0.25) is 5.91 Å². The molecule has 7 heteroatoms. The summed E-state index contributed by atoms with van der Waals surface area (Å²) in [4.78, 5) is 23.7. The van der Waals surface area contributed by atoms with Crippen LogP contribution in [-0.2, 0) is 11.3 Å². The molecule has 3 aromatic rings. The molecule has 2 N–H and O–H groups in total. The summed E-state index contributed by atoms with van der Waals surface area (Å²) in [6.45, 7) is 4.27. The number of nitrogens with one attached hydrogen (secondary N) is 2. The smallest absolute Gasteiger partial charge is 0.251 e. The summed E-state index contributed by atoms with van der Waals surface area (Å²) < 4.78 is 1.82. The fourth-order valence-corrected chi connectivity index (χ4v) is 2.60. The molecular formula is C19H21N5O2. The Bertz CT molecular complexity index is 915. The molecule has 0 aliphatic rings. The van der Waals surface area contributed by atoms with Crippen LogP contribution in [0.5, 0.6) is 0 Å². The first kappa shape index (κ1) is 17.6. The average Bonchev–Trinajstić information content (AvgIpc) is 3.03. The van der Waals surface area contributed by atoms with Gasteiger partial charge in [0.25, 0.3) is 5.91 Å². The molecule has 0 unspecified atom stereocenters. The van der Waals surface area contributed by atoms with Gasteiger partial charge in [0.1, 0.15) is 5.52 Å². The van der Waals surface area contributed by atoms with Crippen molar-refractivity contribution in [1.82, 2.24) is 25.6 Å². The third-order valence-corrected chi connectivity index (χ3v) is 3.83. The maximum Gasteiger partial charge on any atom is 0.251 e. The Balaban J connectivity index is 1.61. The van der Waals surface area contributed by atoms with Gasteiger partial charge in [-0.15, -0.1) is 5.10 Å². The molecule has 0 aliphatic carbocycles. The van der Waals surface area contributed by atoms with Crippen molar-refractivity contribution < 1.29 is 9.59 Å². The summed E-state index contributed by atoms with van der Waals surface area (Å²) in [7, 11) is 0. The van der Waals surface area contributed by atoms with Gasteiger partial charge in [0.15, 0.2) is 0 Å². The van der Waals surface area contributed by atoms with Crippen molar-refractivity contribution in [3.8, 4) is 0 Å². The van der Waals surface area contributed by atoms with E-state index < -0.39 is 0 Å².